The standard InChI is InChI=1S/C14H17N3O2/c18-13(17-11-2-3-11)8-16-14(19)10-1-4-12-9(7-10)5-6-15-12/h1,4,7,11,15H,2-3,5-6,8H2,(H,16,19)(H,17,18). The maximum absolute atomic E-state index is 11.9. The van der Waals surface area contributed by atoms with Gasteiger partial charge >= 0.3 is 0 Å². The zero-order chi connectivity index (χ0) is 13.2. The smallest absolute Gasteiger partial charge is 0.251 e. The van der Waals surface area contributed by atoms with Gasteiger partial charge in [-0.15, -0.1) is 0 Å². The molecule has 5 nitrogen and oxygen atoms in total. The number of hydrogen-bond donors (Lipinski definition) is 3. The first kappa shape index (κ1) is 12.0. The highest BCUT2D eigenvalue weighted by molar-refractivity contribution is 5.97. The second kappa shape index (κ2) is 4.91. The van der Waals surface area contributed by atoms with Gasteiger partial charge in [0.15, 0.2) is 0 Å². The Morgan fingerprint density at radius 1 is 1.32 bits per heavy atom. The topological polar surface area (TPSA) is 70.2 Å². The van der Waals surface area contributed by atoms with E-state index in [1.165, 1.54) is 0 Å². The van der Waals surface area contributed by atoms with Crippen LogP contribution in [0.4, 0.5) is 5.69 Å². The Hall–Kier alpha value is -2.04. The van der Waals surface area contributed by atoms with Crippen molar-refractivity contribution >= 4 is 17.5 Å². The average molecular weight is 259 g/mol. The van der Waals surface area contributed by atoms with Gasteiger partial charge in [-0.25, -0.2) is 0 Å². The zero-order valence-corrected chi connectivity index (χ0v) is 10.7. The van der Waals surface area contributed by atoms with Gasteiger partial charge in [0.05, 0.1) is 6.54 Å². The SMILES string of the molecule is O=C(CNC(=O)c1ccc2c(c1)CCN2)NC1CC1. The van der Waals surface area contributed by atoms with Gasteiger partial charge in [-0.05, 0) is 43.0 Å². The fraction of sp³-hybridized carbons (Fsp3) is 0.429. The van der Waals surface area contributed by atoms with Crippen molar-refractivity contribution in [1.82, 2.24) is 10.6 Å². The highest BCUT2D eigenvalue weighted by Gasteiger charge is 2.23. The second-order valence-corrected chi connectivity index (χ2v) is 5.07. The van der Waals surface area contributed by atoms with Gasteiger partial charge in [-0.1, -0.05) is 0 Å². The Balaban J connectivity index is 1.56. The van der Waals surface area contributed by atoms with Gasteiger partial charge in [0.1, 0.15) is 0 Å². The summed E-state index contributed by atoms with van der Waals surface area (Å²) in [6, 6.07) is 5.92. The normalized spacial score (nSPS) is 16.4. The van der Waals surface area contributed by atoms with Gasteiger partial charge in [-0.2, -0.15) is 0 Å². The van der Waals surface area contributed by atoms with Crippen molar-refractivity contribution < 1.29 is 9.59 Å². The largest absolute Gasteiger partial charge is 0.384 e. The van der Waals surface area contributed by atoms with Crippen LogP contribution in [0.1, 0.15) is 28.8 Å². The summed E-state index contributed by atoms with van der Waals surface area (Å²) in [5, 5.41) is 8.74. The molecule has 100 valence electrons. The van der Waals surface area contributed by atoms with E-state index in [1.54, 1.807) is 6.07 Å². The number of nitrogens with one attached hydrogen (secondary N) is 3. The molecule has 1 aromatic rings. The molecule has 1 heterocycles. The number of fused-ring (bicyclic) bond motifs is 1. The Morgan fingerprint density at radius 3 is 2.95 bits per heavy atom. The number of anilines is 1. The molecule has 0 bridgehead atoms. The van der Waals surface area contributed by atoms with E-state index in [2.05, 4.69) is 16.0 Å². The maximum Gasteiger partial charge on any atom is 0.251 e. The van der Waals surface area contributed by atoms with Gasteiger partial charge in [-0.3, -0.25) is 9.59 Å². The number of hydrogen-bond acceptors (Lipinski definition) is 3. The molecule has 5 heteroatoms. The van der Waals surface area contributed by atoms with Crippen molar-refractivity contribution in [3.8, 4) is 0 Å². The van der Waals surface area contributed by atoms with Gasteiger partial charge < -0.3 is 16.0 Å². The minimum atomic E-state index is -0.194. The van der Waals surface area contributed by atoms with Gasteiger partial charge in [0.25, 0.3) is 5.91 Å². The lowest BCUT2D eigenvalue weighted by Crippen LogP contribution is -2.37. The molecule has 1 aromatic carbocycles. The number of carbonyl (C=O) groups excluding carboxylic acids is 2. The lowest BCUT2D eigenvalue weighted by Gasteiger charge is -2.07. The molecule has 19 heavy (non-hydrogen) atoms. The highest BCUT2D eigenvalue weighted by Crippen LogP contribution is 2.22. The molecule has 0 radical (unpaired) electrons. The van der Waals surface area contributed by atoms with Crippen LogP contribution in [0.25, 0.3) is 0 Å². The zero-order valence-electron chi connectivity index (χ0n) is 10.7. The lowest BCUT2D eigenvalue weighted by molar-refractivity contribution is -0.120. The molecule has 0 unspecified atom stereocenters. The predicted molar refractivity (Wildman–Crippen MR) is 72.1 cm³/mol. The predicted octanol–water partition coefficient (Wildman–Crippen LogP) is 0.663. The summed E-state index contributed by atoms with van der Waals surface area (Å²) >= 11 is 0. The van der Waals surface area contributed by atoms with Gasteiger partial charge in [0.2, 0.25) is 5.91 Å². The van der Waals surface area contributed by atoms with E-state index in [9.17, 15) is 9.59 Å². The third-order valence-corrected chi connectivity index (χ3v) is 3.43. The van der Waals surface area contributed by atoms with E-state index in [4.69, 9.17) is 0 Å². The molecular formula is C14H17N3O2. The average Bonchev–Trinajstić information content (AvgIpc) is 3.09. The Labute approximate surface area is 111 Å². The van der Waals surface area contributed by atoms with E-state index >= 15 is 0 Å². The van der Waals surface area contributed by atoms with Crippen LogP contribution in [-0.2, 0) is 11.2 Å². The molecule has 1 fully saturated rings. The van der Waals surface area contributed by atoms with Crippen molar-refractivity contribution in [3.63, 3.8) is 0 Å². The van der Waals surface area contributed by atoms with E-state index < -0.39 is 0 Å². The molecule has 0 spiro atoms. The van der Waals surface area contributed by atoms with Crippen molar-refractivity contribution in [1.29, 1.82) is 0 Å². The van der Waals surface area contributed by atoms with E-state index in [0.717, 1.165) is 37.1 Å². The summed E-state index contributed by atoms with van der Waals surface area (Å²) < 4.78 is 0. The van der Waals surface area contributed by atoms with Crippen LogP contribution in [0.3, 0.4) is 0 Å². The molecule has 3 N–H and O–H groups in total. The van der Waals surface area contributed by atoms with Crippen molar-refractivity contribution in [3.05, 3.63) is 29.3 Å². The summed E-state index contributed by atoms with van der Waals surface area (Å²) in [6.45, 7) is 0.967. The van der Waals surface area contributed by atoms with Crippen molar-refractivity contribution in [2.75, 3.05) is 18.4 Å². The number of amides is 2. The third-order valence-electron chi connectivity index (χ3n) is 3.43. The van der Waals surface area contributed by atoms with Crippen molar-refractivity contribution in [2.24, 2.45) is 0 Å². The second-order valence-electron chi connectivity index (χ2n) is 5.07. The fourth-order valence-corrected chi connectivity index (χ4v) is 2.22. The Kier molecular flexibility index (Phi) is 3.11. The summed E-state index contributed by atoms with van der Waals surface area (Å²) in [4.78, 5) is 23.4. The van der Waals surface area contributed by atoms with Crippen LogP contribution in [0.15, 0.2) is 18.2 Å². The van der Waals surface area contributed by atoms with Crippen LogP contribution < -0.4 is 16.0 Å². The van der Waals surface area contributed by atoms with Crippen LogP contribution in [0.5, 0.6) is 0 Å². The van der Waals surface area contributed by atoms with E-state index in [-0.39, 0.29) is 18.4 Å². The van der Waals surface area contributed by atoms with Gasteiger partial charge in [0, 0.05) is 23.8 Å². The minimum Gasteiger partial charge on any atom is -0.384 e. The monoisotopic (exact) mass is 259 g/mol. The summed E-state index contributed by atoms with van der Waals surface area (Å²) in [5.41, 5.74) is 2.87. The minimum absolute atomic E-state index is 0.0463. The van der Waals surface area contributed by atoms with Crippen LogP contribution in [0, 0.1) is 0 Å². The third kappa shape index (κ3) is 2.86. The number of carbonyl (C=O) groups is 2. The first-order valence-corrected chi connectivity index (χ1v) is 6.67. The van der Waals surface area contributed by atoms with E-state index in [0.29, 0.717) is 11.6 Å². The molecule has 0 aromatic heterocycles. The first-order chi connectivity index (χ1) is 9.22. The number of rotatable bonds is 4. The first-order valence-electron chi connectivity index (χ1n) is 6.67. The molecule has 3 rings (SSSR count). The quantitative estimate of drug-likeness (QED) is 0.744. The lowest BCUT2D eigenvalue weighted by atomic mass is 10.1. The summed E-state index contributed by atoms with van der Waals surface area (Å²) in [7, 11) is 0. The summed E-state index contributed by atoms with van der Waals surface area (Å²) in [5.74, 6) is -0.306. The Bertz CT molecular complexity index is 523. The molecule has 1 aliphatic heterocycles. The maximum atomic E-state index is 11.9. The fourth-order valence-electron chi connectivity index (χ4n) is 2.22. The molecule has 2 amide bonds. The molecule has 1 aliphatic carbocycles. The number of benzene rings is 1. The van der Waals surface area contributed by atoms with Crippen LogP contribution in [0.2, 0.25) is 0 Å². The summed E-state index contributed by atoms with van der Waals surface area (Å²) in [6.07, 6.45) is 3.05. The molecule has 0 atom stereocenters. The molecule has 0 saturated heterocycles. The van der Waals surface area contributed by atoms with E-state index in [1.807, 2.05) is 12.1 Å². The molecular weight excluding hydrogens is 242 g/mol. The highest BCUT2D eigenvalue weighted by atomic mass is 16.2. The molecule has 2 aliphatic rings. The Morgan fingerprint density at radius 2 is 2.16 bits per heavy atom. The van der Waals surface area contributed by atoms with Crippen molar-refractivity contribution in [2.45, 2.75) is 25.3 Å². The van der Waals surface area contributed by atoms with Crippen LogP contribution in [-0.4, -0.2) is 30.9 Å². The van der Waals surface area contributed by atoms with Crippen LogP contribution >= 0.6 is 0 Å². The molecule has 1 saturated carbocycles.